The first kappa shape index (κ1) is 9.66. The molecule has 15 heavy (non-hydrogen) atoms. The molecule has 0 aliphatic carbocycles. The summed E-state index contributed by atoms with van der Waals surface area (Å²) in [5.74, 6) is 0. The maximum atomic E-state index is 4.23. The molecule has 0 saturated heterocycles. The molecule has 0 bridgehead atoms. The lowest BCUT2D eigenvalue weighted by atomic mass is 10.1. The Morgan fingerprint density at radius 1 is 1.00 bits per heavy atom. The number of pyridine rings is 1. The van der Waals surface area contributed by atoms with E-state index in [1.54, 1.807) is 6.20 Å². The predicted molar refractivity (Wildman–Crippen MR) is 64.3 cm³/mol. The van der Waals surface area contributed by atoms with E-state index in [2.05, 4.69) is 42.2 Å². The van der Waals surface area contributed by atoms with E-state index < -0.39 is 0 Å². The van der Waals surface area contributed by atoms with E-state index in [1.807, 2.05) is 24.3 Å². The highest BCUT2D eigenvalue weighted by molar-refractivity contribution is 5.68. The van der Waals surface area contributed by atoms with Gasteiger partial charge in [0.25, 0.3) is 0 Å². The van der Waals surface area contributed by atoms with Crippen LogP contribution in [0.5, 0.6) is 0 Å². The first-order valence-corrected chi connectivity index (χ1v) is 5.00. The fraction of sp³-hybridized carbons (Fsp3) is 0.0714. The van der Waals surface area contributed by atoms with E-state index in [4.69, 9.17) is 0 Å². The Balaban J connectivity index is 2.19. The molecule has 1 heteroatoms. The molecule has 1 nitrogen and oxygen atoms in total. The summed E-state index contributed by atoms with van der Waals surface area (Å²) in [5, 5.41) is 0. The predicted octanol–water partition coefficient (Wildman–Crippen LogP) is 3.56. The minimum absolute atomic E-state index is 0.985. The summed E-state index contributed by atoms with van der Waals surface area (Å²) in [5.41, 5.74) is 3.47. The normalized spacial score (nSPS) is 10.7. The summed E-state index contributed by atoms with van der Waals surface area (Å²) in [6, 6.07) is 14.3. The largest absolute Gasteiger partial charge is 0.257 e. The number of aromatic nitrogens is 1. The summed E-state index contributed by atoms with van der Waals surface area (Å²) >= 11 is 0. The third kappa shape index (κ3) is 2.78. The van der Waals surface area contributed by atoms with Gasteiger partial charge >= 0.3 is 0 Å². The van der Waals surface area contributed by atoms with Gasteiger partial charge in [-0.15, -0.1) is 0 Å². The van der Waals surface area contributed by atoms with Crippen LogP contribution >= 0.6 is 0 Å². The minimum Gasteiger partial charge on any atom is -0.257 e. The molecule has 0 aliphatic rings. The van der Waals surface area contributed by atoms with Gasteiger partial charge in [0.1, 0.15) is 0 Å². The topological polar surface area (TPSA) is 12.9 Å². The summed E-state index contributed by atoms with van der Waals surface area (Å²) in [4.78, 5) is 4.23. The van der Waals surface area contributed by atoms with Crippen molar-refractivity contribution >= 4 is 12.2 Å². The van der Waals surface area contributed by atoms with Crippen LogP contribution < -0.4 is 0 Å². The number of hydrogen-bond acceptors (Lipinski definition) is 1. The summed E-state index contributed by atoms with van der Waals surface area (Å²) in [6.07, 6.45) is 5.90. The maximum absolute atomic E-state index is 4.23. The lowest BCUT2D eigenvalue weighted by Crippen LogP contribution is -1.77. The van der Waals surface area contributed by atoms with Gasteiger partial charge in [-0.3, -0.25) is 4.98 Å². The van der Waals surface area contributed by atoms with Crippen molar-refractivity contribution in [3.63, 3.8) is 0 Å². The smallest absolute Gasteiger partial charge is 0.0629 e. The van der Waals surface area contributed by atoms with Crippen LogP contribution in [-0.4, -0.2) is 4.98 Å². The fourth-order valence-corrected chi connectivity index (χ4v) is 1.43. The SMILES string of the molecule is Cc1cccc(C=Cc2ccccn2)c1. The Kier molecular flexibility index (Phi) is 2.93. The molecular formula is C14H13N. The van der Waals surface area contributed by atoms with E-state index in [0.717, 1.165) is 5.69 Å². The van der Waals surface area contributed by atoms with Crippen LogP contribution in [0.25, 0.3) is 12.2 Å². The molecule has 0 radical (unpaired) electrons. The van der Waals surface area contributed by atoms with Crippen molar-refractivity contribution in [2.45, 2.75) is 6.92 Å². The van der Waals surface area contributed by atoms with Gasteiger partial charge in [-0.05, 0) is 30.7 Å². The van der Waals surface area contributed by atoms with Crippen LogP contribution in [0.4, 0.5) is 0 Å². The third-order valence-corrected chi connectivity index (χ3v) is 2.18. The van der Waals surface area contributed by atoms with Crippen molar-refractivity contribution in [2.24, 2.45) is 0 Å². The van der Waals surface area contributed by atoms with Crippen LogP contribution in [0, 0.1) is 6.92 Å². The molecule has 0 spiro atoms. The number of benzene rings is 1. The molecule has 1 aromatic heterocycles. The Morgan fingerprint density at radius 3 is 2.67 bits per heavy atom. The average molecular weight is 195 g/mol. The Hall–Kier alpha value is -1.89. The molecule has 0 fully saturated rings. The van der Waals surface area contributed by atoms with Crippen LogP contribution in [0.1, 0.15) is 16.8 Å². The van der Waals surface area contributed by atoms with Crippen LogP contribution in [0.3, 0.4) is 0 Å². The molecule has 0 amide bonds. The van der Waals surface area contributed by atoms with Gasteiger partial charge < -0.3 is 0 Å². The van der Waals surface area contributed by atoms with Gasteiger partial charge in [-0.2, -0.15) is 0 Å². The second-order valence-corrected chi connectivity index (χ2v) is 3.50. The molecule has 1 aromatic carbocycles. The third-order valence-electron chi connectivity index (χ3n) is 2.18. The van der Waals surface area contributed by atoms with Crippen molar-refractivity contribution in [3.8, 4) is 0 Å². The number of hydrogen-bond donors (Lipinski definition) is 0. The molecule has 0 aliphatic heterocycles. The minimum atomic E-state index is 0.985. The summed E-state index contributed by atoms with van der Waals surface area (Å²) < 4.78 is 0. The molecule has 0 saturated carbocycles. The highest BCUT2D eigenvalue weighted by atomic mass is 14.6. The molecule has 0 unspecified atom stereocenters. The van der Waals surface area contributed by atoms with Gasteiger partial charge in [0.2, 0.25) is 0 Å². The molecule has 1 heterocycles. The lowest BCUT2D eigenvalue weighted by molar-refractivity contribution is 1.30. The van der Waals surface area contributed by atoms with Gasteiger partial charge in [0, 0.05) is 6.20 Å². The highest BCUT2D eigenvalue weighted by Crippen LogP contribution is 2.08. The molecular weight excluding hydrogens is 182 g/mol. The van der Waals surface area contributed by atoms with Gasteiger partial charge in [-0.25, -0.2) is 0 Å². The van der Waals surface area contributed by atoms with Crippen molar-refractivity contribution in [2.75, 3.05) is 0 Å². The van der Waals surface area contributed by atoms with E-state index >= 15 is 0 Å². The zero-order chi connectivity index (χ0) is 10.5. The Morgan fingerprint density at radius 2 is 1.93 bits per heavy atom. The van der Waals surface area contributed by atoms with Crippen molar-refractivity contribution in [1.29, 1.82) is 0 Å². The highest BCUT2D eigenvalue weighted by Gasteiger charge is 1.88. The van der Waals surface area contributed by atoms with Crippen molar-refractivity contribution in [3.05, 3.63) is 65.5 Å². The quantitative estimate of drug-likeness (QED) is 0.714. The standard InChI is InChI=1S/C14H13N/c1-12-5-4-6-13(11-12)8-9-14-7-2-3-10-15-14/h2-11H,1H3. The maximum Gasteiger partial charge on any atom is 0.0629 e. The number of nitrogens with zero attached hydrogens (tertiary/aromatic N) is 1. The van der Waals surface area contributed by atoms with E-state index in [-0.39, 0.29) is 0 Å². The summed E-state index contributed by atoms with van der Waals surface area (Å²) in [7, 11) is 0. The van der Waals surface area contributed by atoms with Crippen LogP contribution in [-0.2, 0) is 0 Å². The molecule has 0 N–H and O–H groups in total. The number of rotatable bonds is 2. The second-order valence-electron chi connectivity index (χ2n) is 3.50. The van der Waals surface area contributed by atoms with Gasteiger partial charge in [-0.1, -0.05) is 42.0 Å². The molecule has 2 rings (SSSR count). The Bertz CT molecular complexity index is 458. The molecule has 2 aromatic rings. The monoisotopic (exact) mass is 195 g/mol. The zero-order valence-electron chi connectivity index (χ0n) is 8.72. The van der Waals surface area contributed by atoms with E-state index in [0.29, 0.717) is 0 Å². The van der Waals surface area contributed by atoms with E-state index in [1.165, 1.54) is 11.1 Å². The number of aryl methyl sites for hydroxylation is 1. The molecule has 74 valence electrons. The van der Waals surface area contributed by atoms with E-state index in [9.17, 15) is 0 Å². The van der Waals surface area contributed by atoms with Crippen molar-refractivity contribution < 1.29 is 0 Å². The first-order valence-electron chi connectivity index (χ1n) is 5.00. The second kappa shape index (κ2) is 4.56. The van der Waals surface area contributed by atoms with Crippen LogP contribution in [0.15, 0.2) is 48.7 Å². The average Bonchev–Trinajstić information content (AvgIpc) is 2.28. The lowest BCUT2D eigenvalue weighted by Gasteiger charge is -1.95. The zero-order valence-corrected chi connectivity index (χ0v) is 8.72. The van der Waals surface area contributed by atoms with Crippen LogP contribution in [0.2, 0.25) is 0 Å². The van der Waals surface area contributed by atoms with Crippen molar-refractivity contribution in [1.82, 2.24) is 4.98 Å². The fourth-order valence-electron chi connectivity index (χ4n) is 1.43. The van der Waals surface area contributed by atoms with Gasteiger partial charge in [0.15, 0.2) is 0 Å². The Labute approximate surface area is 90.1 Å². The van der Waals surface area contributed by atoms with Gasteiger partial charge in [0.05, 0.1) is 5.69 Å². The molecule has 0 atom stereocenters. The first-order chi connectivity index (χ1) is 7.34. The summed E-state index contributed by atoms with van der Waals surface area (Å²) in [6.45, 7) is 2.10.